The van der Waals surface area contributed by atoms with Crippen LogP contribution in [0.1, 0.15) is 303 Å². The van der Waals surface area contributed by atoms with E-state index in [4.69, 9.17) is 14.2 Å². The molecule has 0 aromatic rings. The maximum atomic E-state index is 12.8. The number of allylic oxidation sites excluding steroid dienone is 6. The second-order valence-corrected chi connectivity index (χ2v) is 19.2. The van der Waals surface area contributed by atoms with Crippen LogP contribution in [-0.4, -0.2) is 37.2 Å². The maximum absolute atomic E-state index is 12.8. The lowest BCUT2D eigenvalue weighted by atomic mass is 10.0. The number of esters is 3. The zero-order valence-corrected chi connectivity index (χ0v) is 43.5. The third kappa shape index (κ3) is 52.5. The fourth-order valence-electron chi connectivity index (χ4n) is 8.30. The number of carbonyl (C=O) groups excluding carboxylic acids is 3. The van der Waals surface area contributed by atoms with E-state index in [1.54, 1.807) is 0 Å². The molecule has 6 heteroatoms. The Bertz CT molecular complexity index is 1090. The van der Waals surface area contributed by atoms with Crippen molar-refractivity contribution in [1.82, 2.24) is 0 Å². The number of rotatable bonds is 52. The molecule has 0 N–H and O–H groups in total. The van der Waals surface area contributed by atoms with E-state index >= 15 is 0 Å². The van der Waals surface area contributed by atoms with Crippen LogP contribution in [0.5, 0.6) is 0 Å². The molecule has 0 bridgehead atoms. The molecule has 0 saturated carbocycles. The van der Waals surface area contributed by atoms with Crippen molar-refractivity contribution < 1.29 is 28.6 Å². The first-order chi connectivity index (χ1) is 32.0. The summed E-state index contributed by atoms with van der Waals surface area (Å²) in [5.74, 6) is -0.897. The third-order valence-corrected chi connectivity index (χ3v) is 12.6. The molecular formula is C59H108O6. The lowest BCUT2D eigenvalue weighted by Crippen LogP contribution is -2.30. The summed E-state index contributed by atoms with van der Waals surface area (Å²) in [6, 6.07) is 0. The van der Waals surface area contributed by atoms with E-state index in [0.29, 0.717) is 19.3 Å². The fourth-order valence-corrected chi connectivity index (χ4v) is 8.30. The van der Waals surface area contributed by atoms with Gasteiger partial charge >= 0.3 is 17.9 Å². The Labute approximate surface area is 404 Å². The molecule has 0 amide bonds. The van der Waals surface area contributed by atoms with Crippen LogP contribution in [0.4, 0.5) is 0 Å². The normalized spacial score (nSPS) is 12.2. The van der Waals surface area contributed by atoms with Gasteiger partial charge in [-0.25, -0.2) is 0 Å². The summed E-state index contributed by atoms with van der Waals surface area (Å²) < 4.78 is 16.8. The van der Waals surface area contributed by atoms with E-state index < -0.39 is 6.10 Å². The van der Waals surface area contributed by atoms with Gasteiger partial charge in [0.15, 0.2) is 6.10 Å². The molecule has 6 nitrogen and oxygen atoms in total. The van der Waals surface area contributed by atoms with Gasteiger partial charge in [0.25, 0.3) is 0 Å². The molecule has 1 unspecified atom stereocenters. The zero-order valence-electron chi connectivity index (χ0n) is 43.5. The van der Waals surface area contributed by atoms with E-state index in [9.17, 15) is 14.4 Å². The van der Waals surface area contributed by atoms with Crippen molar-refractivity contribution in [3.8, 4) is 0 Å². The van der Waals surface area contributed by atoms with Gasteiger partial charge in [-0.15, -0.1) is 0 Å². The van der Waals surface area contributed by atoms with Gasteiger partial charge in [0.1, 0.15) is 13.2 Å². The zero-order chi connectivity index (χ0) is 47.2. The largest absolute Gasteiger partial charge is 0.462 e. The number of ether oxygens (including phenoxy) is 3. The average Bonchev–Trinajstić information content (AvgIpc) is 3.30. The molecule has 0 aliphatic heterocycles. The van der Waals surface area contributed by atoms with E-state index in [1.165, 1.54) is 193 Å². The fraction of sp³-hybridized carbons (Fsp3) is 0.847. The highest BCUT2D eigenvalue weighted by molar-refractivity contribution is 5.71. The van der Waals surface area contributed by atoms with Gasteiger partial charge in [-0.2, -0.15) is 0 Å². The van der Waals surface area contributed by atoms with Gasteiger partial charge in [0.05, 0.1) is 0 Å². The standard InChI is InChI=1S/C59H108O6/c1-4-7-10-13-16-19-22-24-26-28-29-31-32-34-37-40-43-46-49-52-58(61)64-55-56(54-63-57(60)51-48-45-42-39-36-21-18-15-12-9-6-3)65-59(62)53-50-47-44-41-38-35-33-30-27-25-23-20-17-14-11-8-5-2/h15,18,21,25,27,36,56H,4-14,16-17,19-20,22-24,26,28-35,37-55H2,1-3H3/b18-15-,27-25-,36-21-. The van der Waals surface area contributed by atoms with E-state index in [-0.39, 0.29) is 31.1 Å². The van der Waals surface area contributed by atoms with Gasteiger partial charge in [0, 0.05) is 19.3 Å². The van der Waals surface area contributed by atoms with Gasteiger partial charge in [-0.1, -0.05) is 256 Å². The first-order valence-corrected chi connectivity index (χ1v) is 28.5. The predicted octanol–water partition coefficient (Wildman–Crippen LogP) is 18.9. The minimum Gasteiger partial charge on any atom is -0.462 e. The lowest BCUT2D eigenvalue weighted by Gasteiger charge is -2.18. The van der Waals surface area contributed by atoms with Gasteiger partial charge in [-0.05, 0) is 64.2 Å². The molecule has 0 aromatic heterocycles. The van der Waals surface area contributed by atoms with Crippen LogP contribution < -0.4 is 0 Å². The molecular weight excluding hydrogens is 805 g/mol. The van der Waals surface area contributed by atoms with E-state index in [2.05, 4.69) is 57.2 Å². The average molecular weight is 914 g/mol. The quantitative estimate of drug-likeness (QED) is 0.0199. The van der Waals surface area contributed by atoms with Crippen LogP contribution in [0.25, 0.3) is 0 Å². The summed E-state index contributed by atoms with van der Waals surface area (Å²) in [5.41, 5.74) is 0. The highest BCUT2D eigenvalue weighted by Crippen LogP contribution is 2.16. The Hall–Kier alpha value is -2.37. The Morgan fingerprint density at radius 3 is 0.923 bits per heavy atom. The molecule has 0 saturated heterocycles. The highest BCUT2D eigenvalue weighted by atomic mass is 16.6. The van der Waals surface area contributed by atoms with Crippen LogP contribution in [0, 0.1) is 0 Å². The number of unbranched alkanes of at least 4 members (excludes halogenated alkanes) is 36. The number of hydrogen-bond acceptors (Lipinski definition) is 6. The van der Waals surface area contributed by atoms with Gasteiger partial charge in [-0.3, -0.25) is 14.4 Å². The van der Waals surface area contributed by atoms with Crippen LogP contribution in [0.3, 0.4) is 0 Å². The summed E-state index contributed by atoms with van der Waals surface area (Å²) in [4.78, 5) is 38.1. The smallest absolute Gasteiger partial charge is 0.306 e. The van der Waals surface area contributed by atoms with Crippen molar-refractivity contribution in [2.45, 2.75) is 309 Å². The molecule has 0 aliphatic rings. The van der Waals surface area contributed by atoms with Crippen LogP contribution >= 0.6 is 0 Å². The molecule has 0 radical (unpaired) electrons. The SMILES string of the molecule is CCCC/C=C\C=C/CCCCCC(=O)OCC(COC(=O)CCCCCCCCCCCCCCCCCCCCC)OC(=O)CCCCCCCCC/C=C\CCCCCCCC. The molecule has 0 aliphatic carbocycles. The summed E-state index contributed by atoms with van der Waals surface area (Å²) in [7, 11) is 0. The second-order valence-electron chi connectivity index (χ2n) is 19.2. The topological polar surface area (TPSA) is 78.9 Å². The molecule has 0 rings (SSSR count). The first kappa shape index (κ1) is 62.6. The summed E-state index contributed by atoms with van der Waals surface area (Å²) in [5, 5.41) is 0. The number of hydrogen-bond donors (Lipinski definition) is 0. The first-order valence-electron chi connectivity index (χ1n) is 28.5. The van der Waals surface area contributed by atoms with Crippen LogP contribution in [0.2, 0.25) is 0 Å². The molecule has 65 heavy (non-hydrogen) atoms. The molecule has 380 valence electrons. The third-order valence-electron chi connectivity index (χ3n) is 12.6. The van der Waals surface area contributed by atoms with E-state index in [1.807, 2.05) is 0 Å². The Morgan fingerprint density at radius 1 is 0.308 bits per heavy atom. The van der Waals surface area contributed by atoms with Crippen molar-refractivity contribution in [1.29, 1.82) is 0 Å². The van der Waals surface area contributed by atoms with Crippen LogP contribution in [-0.2, 0) is 28.6 Å². The highest BCUT2D eigenvalue weighted by Gasteiger charge is 2.19. The Balaban J connectivity index is 4.31. The molecule has 1 atom stereocenters. The minimum absolute atomic E-state index is 0.0789. The lowest BCUT2D eigenvalue weighted by molar-refractivity contribution is -0.167. The summed E-state index contributed by atoms with van der Waals surface area (Å²) in [6.45, 7) is 6.59. The van der Waals surface area contributed by atoms with Crippen molar-refractivity contribution in [3.63, 3.8) is 0 Å². The monoisotopic (exact) mass is 913 g/mol. The predicted molar refractivity (Wildman–Crippen MR) is 279 cm³/mol. The summed E-state index contributed by atoms with van der Waals surface area (Å²) >= 11 is 0. The Morgan fingerprint density at radius 2 is 0.569 bits per heavy atom. The second kappa shape index (κ2) is 54.2. The maximum Gasteiger partial charge on any atom is 0.306 e. The number of carbonyl (C=O) groups is 3. The van der Waals surface area contributed by atoms with Crippen molar-refractivity contribution in [2.24, 2.45) is 0 Å². The molecule has 0 aromatic carbocycles. The summed E-state index contributed by atoms with van der Waals surface area (Å²) in [6.07, 6.45) is 64.3. The molecule has 0 spiro atoms. The van der Waals surface area contributed by atoms with Crippen molar-refractivity contribution >= 4 is 17.9 Å². The van der Waals surface area contributed by atoms with Gasteiger partial charge < -0.3 is 14.2 Å². The molecule has 0 fully saturated rings. The van der Waals surface area contributed by atoms with Crippen molar-refractivity contribution in [2.75, 3.05) is 13.2 Å². The van der Waals surface area contributed by atoms with Crippen molar-refractivity contribution in [3.05, 3.63) is 36.5 Å². The van der Waals surface area contributed by atoms with Crippen LogP contribution in [0.15, 0.2) is 36.5 Å². The Kier molecular flexibility index (Phi) is 52.3. The molecule has 0 heterocycles. The minimum atomic E-state index is -0.782. The van der Waals surface area contributed by atoms with Gasteiger partial charge in [0.2, 0.25) is 0 Å². The van der Waals surface area contributed by atoms with E-state index in [0.717, 1.165) is 70.6 Å².